The van der Waals surface area contributed by atoms with Crippen molar-refractivity contribution in [3.63, 3.8) is 0 Å². The Labute approximate surface area is 96.7 Å². The molecule has 4 nitrogen and oxygen atoms in total. The molecule has 1 aromatic rings. The lowest BCUT2D eigenvalue weighted by Gasteiger charge is -2.19. The van der Waals surface area contributed by atoms with E-state index in [0.29, 0.717) is 0 Å². The number of hydrogen-bond donors (Lipinski definition) is 1. The Morgan fingerprint density at radius 3 is 2.47 bits per heavy atom. The van der Waals surface area contributed by atoms with Crippen LogP contribution in [-0.4, -0.2) is 19.6 Å². The van der Waals surface area contributed by atoms with Gasteiger partial charge in [0.15, 0.2) is 0 Å². The summed E-state index contributed by atoms with van der Waals surface area (Å²) in [6.07, 6.45) is -3.75. The van der Waals surface area contributed by atoms with Gasteiger partial charge in [0.2, 0.25) is 10.0 Å². The van der Waals surface area contributed by atoms with E-state index in [9.17, 15) is 21.6 Å². The molecule has 1 atom stereocenters. The minimum Gasteiger partial charge on any atom is -0.259 e. The van der Waals surface area contributed by atoms with Gasteiger partial charge in [-0.2, -0.15) is 13.2 Å². The van der Waals surface area contributed by atoms with Crippen LogP contribution in [0.2, 0.25) is 0 Å². The van der Waals surface area contributed by atoms with E-state index in [1.54, 1.807) is 0 Å². The maximum Gasteiger partial charge on any atom is 0.397 e. The van der Waals surface area contributed by atoms with Gasteiger partial charge in [0.1, 0.15) is 4.90 Å². The number of halogens is 3. The SMILES string of the molecule is CC[C@@H](c1ncccc1S(N)(=O)=O)C(F)(F)F. The van der Waals surface area contributed by atoms with Gasteiger partial charge in [-0.3, -0.25) is 4.98 Å². The second kappa shape index (κ2) is 4.61. The first-order valence-corrected chi connectivity index (χ1v) is 6.27. The van der Waals surface area contributed by atoms with Gasteiger partial charge in [-0.25, -0.2) is 13.6 Å². The normalized spacial score (nSPS) is 14.6. The summed E-state index contributed by atoms with van der Waals surface area (Å²) in [4.78, 5) is 2.92. The Balaban J connectivity index is 3.41. The van der Waals surface area contributed by atoms with Gasteiger partial charge in [-0.1, -0.05) is 6.92 Å². The highest BCUT2D eigenvalue weighted by atomic mass is 32.2. The van der Waals surface area contributed by atoms with Crippen LogP contribution in [0.4, 0.5) is 13.2 Å². The fourth-order valence-electron chi connectivity index (χ4n) is 1.48. The van der Waals surface area contributed by atoms with Crippen LogP contribution >= 0.6 is 0 Å². The van der Waals surface area contributed by atoms with Crippen molar-refractivity contribution in [3.05, 3.63) is 24.0 Å². The molecule has 0 radical (unpaired) electrons. The summed E-state index contributed by atoms with van der Waals surface area (Å²) >= 11 is 0. The highest BCUT2D eigenvalue weighted by Crippen LogP contribution is 2.38. The third-order valence-electron chi connectivity index (χ3n) is 2.24. The zero-order valence-corrected chi connectivity index (χ0v) is 9.72. The summed E-state index contributed by atoms with van der Waals surface area (Å²) in [6, 6.07) is 2.25. The summed E-state index contributed by atoms with van der Waals surface area (Å²) in [7, 11) is -4.21. The molecule has 0 saturated heterocycles. The van der Waals surface area contributed by atoms with Crippen LogP contribution in [0, 0.1) is 0 Å². The number of rotatable bonds is 3. The highest BCUT2D eigenvalue weighted by molar-refractivity contribution is 7.89. The van der Waals surface area contributed by atoms with Crippen molar-refractivity contribution in [2.45, 2.75) is 30.3 Å². The third kappa shape index (κ3) is 3.16. The number of nitrogens with zero attached hydrogens (tertiary/aromatic N) is 1. The van der Waals surface area contributed by atoms with E-state index < -0.39 is 32.7 Å². The van der Waals surface area contributed by atoms with Crippen LogP contribution in [-0.2, 0) is 10.0 Å². The number of sulfonamides is 1. The van der Waals surface area contributed by atoms with E-state index in [1.807, 2.05) is 0 Å². The van der Waals surface area contributed by atoms with Crippen LogP contribution in [0.5, 0.6) is 0 Å². The second-order valence-corrected chi connectivity index (χ2v) is 4.96. The van der Waals surface area contributed by atoms with E-state index >= 15 is 0 Å². The molecule has 0 fully saturated rings. The number of nitrogens with two attached hydrogens (primary N) is 1. The lowest BCUT2D eigenvalue weighted by atomic mass is 10.0. The Kier molecular flexibility index (Phi) is 3.78. The quantitative estimate of drug-likeness (QED) is 0.908. The van der Waals surface area contributed by atoms with E-state index in [2.05, 4.69) is 4.98 Å². The van der Waals surface area contributed by atoms with Crippen molar-refractivity contribution in [2.75, 3.05) is 0 Å². The zero-order valence-electron chi connectivity index (χ0n) is 8.90. The lowest BCUT2D eigenvalue weighted by molar-refractivity contribution is -0.152. The largest absolute Gasteiger partial charge is 0.397 e. The molecule has 96 valence electrons. The predicted molar refractivity (Wildman–Crippen MR) is 54.7 cm³/mol. The summed E-state index contributed by atoms with van der Waals surface area (Å²) in [6.45, 7) is 1.31. The van der Waals surface area contributed by atoms with Gasteiger partial charge < -0.3 is 0 Å². The molecular weight excluding hydrogens is 257 g/mol. The fraction of sp³-hybridized carbons (Fsp3) is 0.444. The average molecular weight is 268 g/mol. The van der Waals surface area contributed by atoms with E-state index in [4.69, 9.17) is 5.14 Å². The van der Waals surface area contributed by atoms with Gasteiger partial charge in [0.25, 0.3) is 0 Å². The molecule has 0 spiro atoms. The Morgan fingerprint density at radius 1 is 1.47 bits per heavy atom. The van der Waals surface area contributed by atoms with Crippen LogP contribution < -0.4 is 5.14 Å². The van der Waals surface area contributed by atoms with Crippen molar-refractivity contribution in [1.82, 2.24) is 4.98 Å². The van der Waals surface area contributed by atoms with E-state index in [0.717, 1.165) is 12.3 Å². The minimum absolute atomic E-state index is 0.303. The molecule has 8 heteroatoms. The number of primary sulfonamides is 1. The monoisotopic (exact) mass is 268 g/mol. The highest BCUT2D eigenvalue weighted by Gasteiger charge is 2.42. The van der Waals surface area contributed by atoms with Gasteiger partial charge >= 0.3 is 6.18 Å². The first-order valence-electron chi connectivity index (χ1n) is 4.72. The average Bonchev–Trinajstić information content (AvgIpc) is 2.15. The topological polar surface area (TPSA) is 73.0 Å². The summed E-state index contributed by atoms with van der Waals surface area (Å²) in [5.41, 5.74) is -0.551. The third-order valence-corrected chi connectivity index (χ3v) is 3.20. The molecule has 2 N–H and O–H groups in total. The first-order chi connectivity index (χ1) is 7.68. The Bertz CT molecular complexity index is 499. The number of alkyl halides is 3. The van der Waals surface area contributed by atoms with Crippen molar-refractivity contribution >= 4 is 10.0 Å². The molecular formula is C9H11F3N2O2S. The predicted octanol–water partition coefficient (Wildman–Crippen LogP) is 1.78. The molecule has 0 unspecified atom stereocenters. The van der Waals surface area contributed by atoms with Gasteiger partial charge in [-0.05, 0) is 18.6 Å². The summed E-state index contributed by atoms with van der Waals surface area (Å²) < 4.78 is 60.4. The molecule has 1 heterocycles. The van der Waals surface area contributed by atoms with Crippen molar-refractivity contribution in [3.8, 4) is 0 Å². The van der Waals surface area contributed by atoms with Crippen LogP contribution in [0.1, 0.15) is 25.0 Å². The lowest BCUT2D eigenvalue weighted by Crippen LogP contribution is -2.25. The van der Waals surface area contributed by atoms with E-state index in [1.165, 1.54) is 13.0 Å². The molecule has 0 saturated carbocycles. The molecule has 0 aliphatic rings. The molecule has 1 aromatic heterocycles. The Hall–Kier alpha value is -1.15. The smallest absolute Gasteiger partial charge is 0.259 e. The van der Waals surface area contributed by atoms with Crippen LogP contribution in [0.25, 0.3) is 0 Å². The van der Waals surface area contributed by atoms with Crippen molar-refractivity contribution < 1.29 is 21.6 Å². The minimum atomic E-state index is -4.55. The van der Waals surface area contributed by atoms with Crippen molar-refractivity contribution in [1.29, 1.82) is 0 Å². The Morgan fingerprint density at radius 2 is 2.06 bits per heavy atom. The molecule has 0 aromatic carbocycles. The maximum absolute atomic E-state index is 12.7. The summed E-state index contributed by atoms with van der Waals surface area (Å²) in [5, 5.41) is 4.86. The first kappa shape index (κ1) is 13.9. The number of hydrogen-bond acceptors (Lipinski definition) is 3. The molecule has 0 amide bonds. The maximum atomic E-state index is 12.7. The van der Waals surface area contributed by atoms with Crippen LogP contribution in [0.3, 0.4) is 0 Å². The number of aromatic nitrogens is 1. The molecule has 0 aliphatic heterocycles. The van der Waals surface area contributed by atoms with Crippen LogP contribution in [0.15, 0.2) is 23.2 Å². The standard InChI is InChI=1S/C9H11F3N2O2S/c1-2-6(9(10,11)12)8-7(17(13,15)16)4-3-5-14-8/h3-6H,2H2,1H3,(H2,13,15,16)/t6-/m0/s1. The van der Waals surface area contributed by atoms with Gasteiger partial charge in [-0.15, -0.1) is 0 Å². The van der Waals surface area contributed by atoms with Crippen molar-refractivity contribution in [2.24, 2.45) is 5.14 Å². The zero-order chi connectivity index (χ0) is 13.3. The van der Waals surface area contributed by atoms with Gasteiger partial charge in [0.05, 0.1) is 11.6 Å². The van der Waals surface area contributed by atoms with Gasteiger partial charge in [0, 0.05) is 6.20 Å². The molecule has 0 aliphatic carbocycles. The fourth-order valence-corrected chi connectivity index (χ4v) is 2.24. The number of pyridine rings is 1. The second-order valence-electron chi connectivity index (χ2n) is 3.43. The van der Waals surface area contributed by atoms with E-state index in [-0.39, 0.29) is 6.42 Å². The molecule has 0 bridgehead atoms. The molecule has 17 heavy (non-hydrogen) atoms. The molecule has 1 rings (SSSR count). The summed E-state index contributed by atoms with van der Waals surface area (Å²) in [5.74, 6) is -1.93.